The molecule has 0 aliphatic heterocycles. The molecule has 0 unspecified atom stereocenters. The quantitative estimate of drug-likeness (QED) is 0.357. The molecule has 0 fully saturated rings. The summed E-state index contributed by atoms with van der Waals surface area (Å²) in [5.74, 6) is 0. The van der Waals surface area contributed by atoms with Crippen LogP contribution in [0.15, 0.2) is 0 Å². The number of hydrogen-bond acceptors (Lipinski definition) is 3. The van der Waals surface area contributed by atoms with Gasteiger partial charge in [-0.05, 0) is 25.1 Å². The zero-order chi connectivity index (χ0) is 13.7. The molecule has 0 radical (unpaired) electrons. The van der Waals surface area contributed by atoms with Crippen molar-refractivity contribution in [3.05, 3.63) is 0 Å². The molecule has 0 heterocycles. The van der Waals surface area contributed by atoms with Gasteiger partial charge in [-0.3, -0.25) is 0 Å². The Kier molecular flexibility index (Phi) is 12.2. The molecule has 4 heteroatoms. The van der Waals surface area contributed by atoms with Crippen molar-refractivity contribution in [1.82, 2.24) is 0 Å². The Balaban J connectivity index is 3.16. The predicted molar refractivity (Wildman–Crippen MR) is 80.7 cm³/mol. The van der Waals surface area contributed by atoms with Crippen LogP contribution in [-0.4, -0.2) is 24.7 Å². The SMILES string of the molecule is CCC[Si](O)(O)CCCCCCCCCCCN. The van der Waals surface area contributed by atoms with E-state index in [1.807, 2.05) is 6.92 Å². The van der Waals surface area contributed by atoms with Gasteiger partial charge in [0.1, 0.15) is 0 Å². The Hall–Kier alpha value is 0.0969. The van der Waals surface area contributed by atoms with Crippen molar-refractivity contribution in [3.8, 4) is 0 Å². The summed E-state index contributed by atoms with van der Waals surface area (Å²) in [4.78, 5) is 19.4. The van der Waals surface area contributed by atoms with E-state index in [4.69, 9.17) is 5.73 Å². The molecule has 0 aromatic rings. The highest BCUT2D eigenvalue weighted by Gasteiger charge is 2.26. The summed E-state index contributed by atoms with van der Waals surface area (Å²) in [5, 5.41) is 0. The van der Waals surface area contributed by atoms with E-state index in [1.54, 1.807) is 0 Å². The van der Waals surface area contributed by atoms with Gasteiger partial charge in [0.2, 0.25) is 0 Å². The van der Waals surface area contributed by atoms with Crippen LogP contribution in [0.25, 0.3) is 0 Å². The minimum atomic E-state index is -2.81. The molecule has 0 bridgehead atoms. The zero-order valence-corrected chi connectivity index (χ0v) is 13.2. The third-order valence-corrected chi connectivity index (χ3v) is 5.89. The molecule has 0 aliphatic rings. The summed E-state index contributed by atoms with van der Waals surface area (Å²) in [6.07, 6.45) is 12.0. The van der Waals surface area contributed by atoms with Gasteiger partial charge in [0.15, 0.2) is 0 Å². The second-order valence-corrected chi connectivity index (χ2v) is 8.42. The number of nitrogens with two attached hydrogens (primary N) is 1. The van der Waals surface area contributed by atoms with E-state index in [0.717, 1.165) is 32.2 Å². The lowest BCUT2D eigenvalue weighted by Crippen LogP contribution is -2.33. The van der Waals surface area contributed by atoms with Crippen LogP contribution in [0.1, 0.15) is 71.1 Å². The zero-order valence-electron chi connectivity index (χ0n) is 12.2. The summed E-state index contributed by atoms with van der Waals surface area (Å²) in [6.45, 7) is 2.84. The summed E-state index contributed by atoms with van der Waals surface area (Å²) >= 11 is 0. The smallest absolute Gasteiger partial charge is 0.332 e. The molecule has 0 spiro atoms. The van der Waals surface area contributed by atoms with E-state index < -0.39 is 8.56 Å². The summed E-state index contributed by atoms with van der Waals surface area (Å²) in [6, 6.07) is 1.30. The minimum Gasteiger partial charge on any atom is -0.411 e. The molecule has 0 atom stereocenters. The van der Waals surface area contributed by atoms with Gasteiger partial charge in [0.05, 0.1) is 0 Å². The van der Waals surface area contributed by atoms with E-state index >= 15 is 0 Å². The summed E-state index contributed by atoms with van der Waals surface area (Å²) in [7, 11) is -2.81. The van der Waals surface area contributed by atoms with Crippen molar-refractivity contribution in [2.75, 3.05) is 6.54 Å². The van der Waals surface area contributed by atoms with E-state index in [9.17, 15) is 9.59 Å². The summed E-state index contributed by atoms with van der Waals surface area (Å²) in [5.41, 5.74) is 5.44. The van der Waals surface area contributed by atoms with Crippen molar-refractivity contribution in [2.45, 2.75) is 83.2 Å². The predicted octanol–water partition coefficient (Wildman–Crippen LogP) is 3.29. The van der Waals surface area contributed by atoms with Gasteiger partial charge in [-0.25, -0.2) is 0 Å². The normalized spacial score (nSPS) is 12.0. The standard InChI is InChI=1S/C14H33NO2Si/c1-2-13-18(16,17)14-11-9-7-5-3-4-6-8-10-12-15/h16-17H,2-15H2,1H3. The Morgan fingerprint density at radius 2 is 1.17 bits per heavy atom. The van der Waals surface area contributed by atoms with Crippen molar-refractivity contribution in [2.24, 2.45) is 5.73 Å². The molecule has 0 amide bonds. The topological polar surface area (TPSA) is 66.5 Å². The Morgan fingerprint density at radius 1 is 0.722 bits per heavy atom. The fraction of sp³-hybridized carbons (Fsp3) is 1.00. The van der Waals surface area contributed by atoms with Crippen LogP contribution in [0.2, 0.25) is 12.1 Å². The van der Waals surface area contributed by atoms with Crippen molar-refractivity contribution >= 4 is 8.56 Å². The van der Waals surface area contributed by atoms with Gasteiger partial charge in [0, 0.05) is 0 Å². The molecule has 0 aromatic heterocycles. The maximum atomic E-state index is 9.72. The van der Waals surface area contributed by atoms with E-state index in [1.165, 1.54) is 38.5 Å². The third-order valence-electron chi connectivity index (χ3n) is 3.43. The Morgan fingerprint density at radius 3 is 1.61 bits per heavy atom. The first-order valence-corrected chi connectivity index (χ1v) is 10.1. The average molecular weight is 276 g/mol. The number of rotatable bonds is 13. The van der Waals surface area contributed by atoms with Gasteiger partial charge in [-0.2, -0.15) is 0 Å². The highest BCUT2D eigenvalue weighted by atomic mass is 28.4. The Labute approximate surface area is 114 Å². The lowest BCUT2D eigenvalue weighted by atomic mass is 10.1. The van der Waals surface area contributed by atoms with Crippen LogP contribution in [-0.2, 0) is 0 Å². The monoisotopic (exact) mass is 275 g/mol. The highest BCUT2D eigenvalue weighted by Crippen LogP contribution is 2.17. The Bertz CT molecular complexity index is 177. The van der Waals surface area contributed by atoms with E-state index in [0.29, 0.717) is 12.1 Å². The third kappa shape index (κ3) is 12.6. The first kappa shape index (κ1) is 18.1. The second kappa shape index (κ2) is 12.1. The minimum absolute atomic E-state index is 0.633. The van der Waals surface area contributed by atoms with Crippen LogP contribution in [0, 0.1) is 0 Å². The molecular formula is C14H33NO2Si. The molecule has 18 heavy (non-hydrogen) atoms. The largest absolute Gasteiger partial charge is 0.411 e. The van der Waals surface area contributed by atoms with Crippen LogP contribution < -0.4 is 5.73 Å². The molecular weight excluding hydrogens is 242 g/mol. The van der Waals surface area contributed by atoms with Crippen LogP contribution >= 0.6 is 0 Å². The lowest BCUT2D eigenvalue weighted by molar-refractivity contribution is 0.353. The van der Waals surface area contributed by atoms with E-state index in [2.05, 4.69) is 0 Å². The fourth-order valence-corrected chi connectivity index (χ4v) is 4.18. The maximum Gasteiger partial charge on any atom is 0.332 e. The fourth-order valence-electron chi connectivity index (χ4n) is 2.32. The van der Waals surface area contributed by atoms with Crippen molar-refractivity contribution < 1.29 is 9.59 Å². The number of unbranched alkanes of at least 4 members (excludes halogenated alkanes) is 8. The van der Waals surface area contributed by atoms with Gasteiger partial charge in [0.25, 0.3) is 0 Å². The van der Waals surface area contributed by atoms with Gasteiger partial charge in [-0.15, -0.1) is 0 Å². The highest BCUT2D eigenvalue weighted by molar-refractivity contribution is 6.64. The average Bonchev–Trinajstić information content (AvgIpc) is 2.31. The number of hydrogen-bond donors (Lipinski definition) is 3. The van der Waals surface area contributed by atoms with Crippen LogP contribution in [0.3, 0.4) is 0 Å². The molecule has 110 valence electrons. The first-order valence-electron chi connectivity index (χ1n) is 7.77. The second-order valence-electron chi connectivity index (χ2n) is 5.45. The van der Waals surface area contributed by atoms with Gasteiger partial charge in [-0.1, -0.05) is 64.7 Å². The van der Waals surface area contributed by atoms with Gasteiger partial charge >= 0.3 is 8.56 Å². The maximum absolute atomic E-state index is 9.72. The van der Waals surface area contributed by atoms with Crippen LogP contribution in [0.5, 0.6) is 0 Å². The van der Waals surface area contributed by atoms with Crippen molar-refractivity contribution in [3.63, 3.8) is 0 Å². The first-order chi connectivity index (χ1) is 8.62. The molecule has 0 aromatic carbocycles. The van der Waals surface area contributed by atoms with Gasteiger partial charge < -0.3 is 15.3 Å². The molecule has 0 aliphatic carbocycles. The lowest BCUT2D eigenvalue weighted by Gasteiger charge is -2.16. The molecule has 3 nitrogen and oxygen atoms in total. The van der Waals surface area contributed by atoms with Crippen molar-refractivity contribution in [1.29, 1.82) is 0 Å². The molecule has 0 saturated heterocycles. The molecule has 0 saturated carbocycles. The van der Waals surface area contributed by atoms with Crippen LogP contribution in [0.4, 0.5) is 0 Å². The molecule has 4 N–H and O–H groups in total. The molecule has 0 rings (SSSR count). The summed E-state index contributed by atoms with van der Waals surface area (Å²) < 4.78 is 0. The van der Waals surface area contributed by atoms with E-state index in [-0.39, 0.29) is 0 Å².